The Hall–Kier alpha value is -2.34. The predicted molar refractivity (Wildman–Crippen MR) is 72.0 cm³/mol. The van der Waals surface area contributed by atoms with Gasteiger partial charge in [0.2, 0.25) is 0 Å². The second-order valence-corrected chi connectivity index (χ2v) is 4.43. The molecule has 1 amide bonds. The van der Waals surface area contributed by atoms with Gasteiger partial charge in [0, 0.05) is 31.0 Å². The van der Waals surface area contributed by atoms with E-state index in [0.717, 1.165) is 5.56 Å². The Morgan fingerprint density at radius 2 is 1.85 bits per heavy atom. The van der Waals surface area contributed by atoms with Crippen LogP contribution in [0.2, 0.25) is 0 Å². The lowest BCUT2D eigenvalue weighted by molar-refractivity contribution is 0.0299. The van der Waals surface area contributed by atoms with Gasteiger partial charge >= 0.3 is 0 Å². The van der Waals surface area contributed by atoms with Crippen molar-refractivity contribution in [1.82, 2.24) is 19.9 Å². The summed E-state index contributed by atoms with van der Waals surface area (Å²) < 4.78 is 5.24. The van der Waals surface area contributed by atoms with Crippen LogP contribution in [0.5, 0.6) is 0 Å². The fourth-order valence-corrected chi connectivity index (χ4v) is 2.06. The maximum Gasteiger partial charge on any atom is 0.274 e. The van der Waals surface area contributed by atoms with Gasteiger partial charge in [-0.15, -0.1) is 0 Å². The van der Waals surface area contributed by atoms with Gasteiger partial charge in [-0.05, 0) is 12.1 Å². The summed E-state index contributed by atoms with van der Waals surface area (Å²) in [6.07, 6.45) is 6.52. The highest BCUT2D eigenvalue weighted by atomic mass is 16.5. The quantitative estimate of drug-likeness (QED) is 0.814. The molecular weight excluding hydrogens is 256 g/mol. The van der Waals surface area contributed by atoms with Crippen LogP contribution in [-0.4, -0.2) is 52.1 Å². The van der Waals surface area contributed by atoms with Crippen molar-refractivity contribution in [1.29, 1.82) is 0 Å². The normalized spacial score (nSPS) is 15.1. The molecule has 2 aromatic heterocycles. The maximum atomic E-state index is 12.3. The lowest BCUT2D eigenvalue weighted by atomic mass is 10.2. The van der Waals surface area contributed by atoms with E-state index in [-0.39, 0.29) is 5.91 Å². The Morgan fingerprint density at radius 3 is 2.60 bits per heavy atom. The van der Waals surface area contributed by atoms with Crippen molar-refractivity contribution in [2.75, 3.05) is 26.3 Å². The molecule has 0 radical (unpaired) electrons. The minimum absolute atomic E-state index is 0.100. The second-order valence-electron chi connectivity index (χ2n) is 4.43. The summed E-state index contributed by atoms with van der Waals surface area (Å²) in [6, 6.07) is 3.68. The van der Waals surface area contributed by atoms with Gasteiger partial charge in [-0.1, -0.05) is 0 Å². The molecule has 3 rings (SSSR count). The van der Waals surface area contributed by atoms with Crippen LogP contribution in [0.1, 0.15) is 10.5 Å². The van der Waals surface area contributed by atoms with Crippen molar-refractivity contribution in [3.05, 3.63) is 42.6 Å². The van der Waals surface area contributed by atoms with E-state index >= 15 is 0 Å². The van der Waals surface area contributed by atoms with Crippen LogP contribution in [0.25, 0.3) is 11.3 Å². The van der Waals surface area contributed by atoms with Crippen molar-refractivity contribution in [2.24, 2.45) is 0 Å². The molecule has 20 heavy (non-hydrogen) atoms. The minimum atomic E-state index is -0.100. The number of hydrogen-bond donors (Lipinski definition) is 0. The first kappa shape index (κ1) is 12.7. The third-order valence-corrected chi connectivity index (χ3v) is 3.13. The first-order valence-electron chi connectivity index (χ1n) is 6.44. The number of amides is 1. The zero-order valence-electron chi connectivity index (χ0n) is 10.9. The minimum Gasteiger partial charge on any atom is -0.378 e. The molecule has 0 bridgehead atoms. The van der Waals surface area contributed by atoms with Gasteiger partial charge in [-0.3, -0.25) is 14.8 Å². The summed E-state index contributed by atoms with van der Waals surface area (Å²) in [6.45, 7) is 2.34. The highest BCUT2D eigenvalue weighted by Crippen LogP contribution is 2.15. The standard InChI is InChI=1S/C14H14N4O2/c19-14(18-5-7-20-8-6-18)13-10-16-9-12(17-13)11-1-3-15-4-2-11/h1-4,9-10H,5-8H2. The lowest BCUT2D eigenvalue weighted by Gasteiger charge is -2.26. The van der Waals surface area contributed by atoms with E-state index in [9.17, 15) is 4.79 Å². The molecule has 0 saturated carbocycles. The van der Waals surface area contributed by atoms with E-state index in [1.165, 1.54) is 6.20 Å². The van der Waals surface area contributed by atoms with E-state index in [1.807, 2.05) is 12.1 Å². The van der Waals surface area contributed by atoms with Crippen molar-refractivity contribution >= 4 is 5.91 Å². The highest BCUT2D eigenvalue weighted by molar-refractivity contribution is 5.92. The zero-order valence-corrected chi connectivity index (χ0v) is 10.9. The molecule has 0 atom stereocenters. The topological polar surface area (TPSA) is 68.2 Å². The van der Waals surface area contributed by atoms with Crippen LogP contribution in [0, 0.1) is 0 Å². The number of ether oxygens (including phenoxy) is 1. The summed E-state index contributed by atoms with van der Waals surface area (Å²) in [5, 5.41) is 0. The number of pyridine rings is 1. The molecular formula is C14H14N4O2. The molecule has 0 unspecified atom stereocenters. The number of hydrogen-bond acceptors (Lipinski definition) is 5. The maximum absolute atomic E-state index is 12.3. The van der Waals surface area contributed by atoms with Crippen LogP contribution >= 0.6 is 0 Å². The van der Waals surface area contributed by atoms with Gasteiger partial charge in [-0.2, -0.15) is 0 Å². The molecule has 0 aromatic carbocycles. The van der Waals surface area contributed by atoms with Crippen LogP contribution in [0.4, 0.5) is 0 Å². The number of nitrogens with zero attached hydrogens (tertiary/aromatic N) is 4. The van der Waals surface area contributed by atoms with Crippen molar-refractivity contribution in [3.63, 3.8) is 0 Å². The van der Waals surface area contributed by atoms with Gasteiger partial charge in [0.1, 0.15) is 5.69 Å². The van der Waals surface area contributed by atoms with Crippen LogP contribution in [0.3, 0.4) is 0 Å². The third-order valence-electron chi connectivity index (χ3n) is 3.13. The molecule has 2 aromatic rings. The second kappa shape index (κ2) is 5.75. The number of rotatable bonds is 2. The largest absolute Gasteiger partial charge is 0.378 e. The first-order valence-corrected chi connectivity index (χ1v) is 6.44. The van der Waals surface area contributed by atoms with Crippen LogP contribution in [0.15, 0.2) is 36.9 Å². The monoisotopic (exact) mass is 270 g/mol. The number of carbonyl (C=O) groups excluding carboxylic acids is 1. The number of aromatic nitrogens is 3. The van der Waals surface area contributed by atoms with E-state index in [4.69, 9.17) is 4.74 Å². The number of morpholine rings is 1. The SMILES string of the molecule is O=C(c1cncc(-c2ccncc2)n1)N1CCOCC1. The van der Waals surface area contributed by atoms with E-state index in [2.05, 4.69) is 15.0 Å². The molecule has 1 aliphatic heterocycles. The van der Waals surface area contributed by atoms with Gasteiger partial charge in [-0.25, -0.2) is 4.98 Å². The summed E-state index contributed by atoms with van der Waals surface area (Å²) in [7, 11) is 0. The molecule has 0 aliphatic carbocycles. The van der Waals surface area contributed by atoms with Gasteiger partial charge in [0.15, 0.2) is 0 Å². The number of carbonyl (C=O) groups is 1. The Bertz CT molecular complexity index is 597. The van der Waals surface area contributed by atoms with E-state index in [1.54, 1.807) is 23.5 Å². The highest BCUT2D eigenvalue weighted by Gasteiger charge is 2.20. The molecule has 102 valence electrons. The van der Waals surface area contributed by atoms with Gasteiger partial charge in [0.05, 0.1) is 31.3 Å². The fourth-order valence-electron chi connectivity index (χ4n) is 2.06. The fraction of sp³-hybridized carbons (Fsp3) is 0.286. The summed E-state index contributed by atoms with van der Waals surface area (Å²) in [5.41, 5.74) is 1.93. The smallest absolute Gasteiger partial charge is 0.274 e. The summed E-state index contributed by atoms with van der Waals surface area (Å²) in [5.74, 6) is -0.100. The first-order chi connectivity index (χ1) is 9.84. The van der Waals surface area contributed by atoms with Crippen molar-refractivity contribution < 1.29 is 9.53 Å². The van der Waals surface area contributed by atoms with Crippen LogP contribution < -0.4 is 0 Å². The lowest BCUT2D eigenvalue weighted by Crippen LogP contribution is -2.41. The molecule has 6 heteroatoms. The Morgan fingerprint density at radius 1 is 1.10 bits per heavy atom. The van der Waals surface area contributed by atoms with Crippen molar-refractivity contribution in [3.8, 4) is 11.3 Å². The molecule has 6 nitrogen and oxygen atoms in total. The molecule has 1 aliphatic rings. The Kier molecular flexibility index (Phi) is 3.64. The summed E-state index contributed by atoms with van der Waals surface area (Å²) >= 11 is 0. The molecule has 0 spiro atoms. The van der Waals surface area contributed by atoms with Crippen molar-refractivity contribution in [2.45, 2.75) is 0 Å². The Balaban J connectivity index is 1.85. The molecule has 0 N–H and O–H groups in total. The zero-order chi connectivity index (χ0) is 13.8. The predicted octanol–water partition coefficient (Wildman–Crippen LogP) is 1.01. The summed E-state index contributed by atoms with van der Waals surface area (Å²) in [4.78, 5) is 26.6. The van der Waals surface area contributed by atoms with E-state index < -0.39 is 0 Å². The molecule has 3 heterocycles. The Labute approximate surface area is 116 Å². The van der Waals surface area contributed by atoms with E-state index in [0.29, 0.717) is 37.7 Å². The third kappa shape index (κ3) is 2.65. The molecule has 1 fully saturated rings. The van der Waals surface area contributed by atoms with Gasteiger partial charge < -0.3 is 9.64 Å². The van der Waals surface area contributed by atoms with Crippen LogP contribution in [-0.2, 0) is 4.74 Å². The average molecular weight is 270 g/mol. The van der Waals surface area contributed by atoms with Gasteiger partial charge in [0.25, 0.3) is 5.91 Å². The average Bonchev–Trinajstić information content (AvgIpc) is 2.56. The molecule has 1 saturated heterocycles.